The predicted octanol–water partition coefficient (Wildman–Crippen LogP) is 1.77. The third kappa shape index (κ3) is 3.67. The number of nitro groups is 1. The minimum absolute atomic E-state index is 0.0742. The molecule has 1 saturated heterocycles. The number of nitrogens with zero attached hydrogens (tertiary/aromatic N) is 4. The minimum atomic E-state index is -0.977. The number of hydrogen-bond donors (Lipinski definition) is 1. The maximum atomic E-state index is 12.5. The molecule has 3 rings (SSSR count). The monoisotopic (exact) mass is 378 g/mol. The lowest BCUT2D eigenvalue weighted by molar-refractivity contribution is -0.389. The number of rotatable bonds is 5. The number of carboxylic acids is 1. The molecule has 9 nitrogen and oxygen atoms in total. The van der Waals surface area contributed by atoms with Crippen molar-refractivity contribution in [1.82, 2.24) is 14.7 Å². The molecule has 2 atom stereocenters. The fraction of sp³-hybridized carbons (Fsp3) is 0.312. The van der Waals surface area contributed by atoms with Crippen LogP contribution in [0.4, 0.5) is 5.82 Å². The first-order valence-electron chi connectivity index (χ1n) is 7.79. The third-order valence-corrected chi connectivity index (χ3v) is 4.65. The highest BCUT2D eigenvalue weighted by Crippen LogP contribution is 2.33. The van der Waals surface area contributed by atoms with Gasteiger partial charge < -0.3 is 20.1 Å². The standard InChI is InChI=1S/C16H15ClN4O5/c17-11-3-1-10(2-4-11)12-7-19(8-13(12)16(23)24)15(22)9-20-6-5-14(18-20)21(25)26/h1-6,12-13H,7-9H2,(H,23,24)/t12-,13+/m0/s1. The average Bonchev–Trinajstić information content (AvgIpc) is 3.22. The first-order chi connectivity index (χ1) is 12.3. The zero-order valence-corrected chi connectivity index (χ0v) is 14.2. The van der Waals surface area contributed by atoms with E-state index in [1.54, 1.807) is 24.3 Å². The highest BCUT2D eigenvalue weighted by Gasteiger charge is 2.40. The van der Waals surface area contributed by atoms with Crippen molar-refractivity contribution in [3.8, 4) is 0 Å². The number of amides is 1. The summed E-state index contributed by atoms with van der Waals surface area (Å²) >= 11 is 5.87. The Labute approximate surface area is 152 Å². The quantitative estimate of drug-likeness (QED) is 0.625. The van der Waals surface area contributed by atoms with E-state index in [9.17, 15) is 24.8 Å². The van der Waals surface area contributed by atoms with Crippen LogP contribution in [-0.2, 0) is 16.1 Å². The molecule has 1 aliphatic heterocycles. The molecule has 10 heteroatoms. The molecule has 0 radical (unpaired) electrons. The molecule has 2 heterocycles. The fourth-order valence-electron chi connectivity index (χ4n) is 3.08. The molecule has 26 heavy (non-hydrogen) atoms. The normalized spacial score (nSPS) is 19.5. The first-order valence-corrected chi connectivity index (χ1v) is 8.17. The molecule has 0 aliphatic carbocycles. The van der Waals surface area contributed by atoms with Crippen LogP contribution in [0.1, 0.15) is 11.5 Å². The molecule has 1 N–H and O–H groups in total. The van der Waals surface area contributed by atoms with Gasteiger partial charge in [0, 0.05) is 24.0 Å². The molecule has 0 unspecified atom stereocenters. The topological polar surface area (TPSA) is 119 Å². The summed E-state index contributed by atoms with van der Waals surface area (Å²) in [6.07, 6.45) is 1.34. The molecule has 1 amide bonds. The summed E-state index contributed by atoms with van der Waals surface area (Å²) in [5.74, 6) is -2.74. The van der Waals surface area contributed by atoms with Gasteiger partial charge in [0.2, 0.25) is 5.91 Å². The third-order valence-electron chi connectivity index (χ3n) is 4.40. The van der Waals surface area contributed by atoms with Gasteiger partial charge in [-0.3, -0.25) is 9.59 Å². The van der Waals surface area contributed by atoms with Crippen LogP contribution in [0.25, 0.3) is 0 Å². The summed E-state index contributed by atoms with van der Waals surface area (Å²) in [4.78, 5) is 35.5. The molecule has 136 valence electrons. The Morgan fingerprint density at radius 1 is 1.27 bits per heavy atom. The van der Waals surface area contributed by atoms with E-state index in [1.165, 1.54) is 21.8 Å². The first kappa shape index (κ1) is 17.9. The van der Waals surface area contributed by atoms with Gasteiger partial charge in [-0.1, -0.05) is 23.7 Å². The fourth-order valence-corrected chi connectivity index (χ4v) is 3.21. The van der Waals surface area contributed by atoms with Crippen molar-refractivity contribution in [3.05, 3.63) is 57.2 Å². The van der Waals surface area contributed by atoms with Gasteiger partial charge in [-0.05, 0) is 22.6 Å². The second-order valence-corrected chi connectivity index (χ2v) is 6.47. The van der Waals surface area contributed by atoms with E-state index >= 15 is 0 Å². The van der Waals surface area contributed by atoms with Crippen LogP contribution in [0.5, 0.6) is 0 Å². The Kier molecular flexibility index (Phi) is 4.90. The molecule has 1 aromatic heterocycles. The minimum Gasteiger partial charge on any atom is -0.481 e. The number of carboxylic acid groups (broad SMARTS) is 1. The van der Waals surface area contributed by atoms with Crippen LogP contribution in [0.15, 0.2) is 36.5 Å². The van der Waals surface area contributed by atoms with Gasteiger partial charge in [0.1, 0.15) is 6.54 Å². The maximum Gasteiger partial charge on any atom is 0.389 e. The van der Waals surface area contributed by atoms with Crippen LogP contribution in [0.3, 0.4) is 0 Å². The van der Waals surface area contributed by atoms with Crippen LogP contribution < -0.4 is 0 Å². The Bertz CT molecular complexity index is 851. The van der Waals surface area contributed by atoms with E-state index in [4.69, 9.17) is 11.6 Å². The smallest absolute Gasteiger partial charge is 0.389 e. The molecule has 2 aromatic rings. The Hall–Kier alpha value is -2.94. The molecule has 0 spiro atoms. The van der Waals surface area contributed by atoms with Gasteiger partial charge in [0.25, 0.3) is 0 Å². The van der Waals surface area contributed by atoms with Gasteiger partial charge in [-0.25, -0.2) is 0 Å². The summed E-state index contributed by atoms with van der Waals surface area (Å²) in [5.41, 5.74) is 0.798. The summed E-state index contributed by atoms with van der Waals surface area (Å²) in [6, 6.07) is 8.09. The number of carbonyl (C=O) groups excluding carboxylic acids is 1. The lowest BCUT2D eigenvalue weighted by atomic mass is 9.89. The second-order valence-electron chi connectivity index (χ2n) is 6.03. The van der Waals surface area contributed by atoms with Crippen molar-refractivity contribution in [2.24, 2.45) is 5.92 Å². The van der Waals surface area contributed by atoms with Crippen molar-refractivity contribution < 1.29 is 19.6 Å². The van der Waals surface area contributed by atoms with Gasteiger partial charge in [0.15, 0.2) is 0 Å². The lowest BCUT2D eigenvalue weighted by Gasteiger charge is -2.16. The molecule has 1 aromatic carbocycles. The lowest BCUT2D eigenvalue weighted by Crippen LogP contribution is -2.33. The van der Waals surface area contributed by atoms with E-state index in [1.807, 2.05) is 0 Å². The Morgan fingerprint density at radius 2 is 1.96 bits per heavy atom. The van der Waals surface area contributed by atoms with E-state index in [2.05, 4.69) is 5.10 Å². The van der Waals surface area contributed by atoms with Gasteiger partial charge in [0.05, 0.1) is 23.3 Å². The van der Waals surface area contributed by atoms with Gasteiger partial charge in [-0.2, -0.15) is 4.68 Å². The van der Waals surface area contributed by atoms with Gasteiger partial charge in [-0.15, -0.1) is 0 Å². The number of aromatic nitrogens is 2. The molecule has 1 aliphatic rings. The zero-order valence-electron chi connectivity index (χ0n) is 13.5. The van der Waals surface area contributed by atoms with Crippen LogP contribution in [0, 0.1) is 16.0 Å². The Morgan fingerprint density at radius 3 is 2.54 bits per heavy atom. The van der Waals surface area contributed by atoms with Crippen molar-refractivity contribution >= 4 is 29.3 Å². The van der Waals surface area contributed by atoms with Gasteiger partial charge >= 0.3 is 11.8 Å². The largest absolute Gasteiger partial charge is 0.481 e. The molecule has 0 bridgehead atoms. The van der Waals surface area contributed by atoms with Crippen LogP contribution in [-0.4, -0.2) is 49.7 Å². The summed E-state index contributed by atoms with van der Waals surface area (Å²) in [6.45, 7) is 0.138. The van der Waals surface area contributed by atoms with Crippen molar-refractivity contribution in [2.45, 2.75) is 12.5 Å². The highest BCUT2D eigenvalue weighted by atomic mass is 35.5. The van der Waals surface area contributed by atoms with Crippen molar-refractivity contribution in [2.75, 3.05) is 13.1 Å². The Balaban J connectivity index is 1.74. The molecule has 0 saturated carbocycles. The predicted molar refractivity (Wildman–Crippen MR) is 90.8 cm³/mol. The van der Waals surface area contributed by atoms with Crippen LogP contribution >= 0.6 is 11.6 Å². The number of likely N-dealkylation sites (tertiary alicyclic amines) is 1. The van der Waals surface area contributed by atoms with E-state index in [0.717, 1.165) is 5.56 Å². The number of benzene rings is 1. The maximum absolute atomic E-state index is 12.5. The number of aliphatic carboxylic acids is 1. The SMILES string of the molecule is O=C(O)[C@@H]1CN(C(=O)Cn2ccc([N+](=O)[O-])n2)C[C@H]1c1ccc(Cl)cc1. The summed E-state index contributed by atoms with van der Waals surface area (Å²) in [5, 5.41) is 24.4. The number of carbonyl (C=O) groups is 2. The van der Waals surface area contributed by atoms with E-state index < -0.39 is 16.8 Å². The molecular weight excluding hydrogens is 364 g/mol. The molecular formula is C16H15ClN4O5. The summed E-state index contributed by atoms with van der Waals surface area (Å²) in [7, 11) is 0. The molecule has 1 fully saturated rings. The zero-order chi connectivity index (χ0) is 18.8. The summed E-state index contributed by atoms with van der Waals surface area (Å²) < 4.78 is 1.17. The second kappa shape index (κ2) is 7.12. The number of halogens is 1. The highest BCUT2D eigenvalue weighted by molar-refractivity contribution is 6.30. The van der Waals surface area contributed by atoms with Crippen molar-refractivity contribution in [1.29, 1.82) is 0 Å². The number of hydrogen-bond acceptors (Lipinski definition) is 5. The average molecular weight is 379 g/mol. The van der Waals surface area contributed by atoms with Crippen LogP contribution in [0.2, 0.25) is 5.02 Å². The van der Waals surface area contributed by atoms with E-state index in [-0.39, 0.29) is 37.3 Å². The van der Waals surface area contributed by atoms with Crippen molar-refractivity contribution in [3.63, 3.8) is 0 Å². The van der Waals surface area contributed by atoms with E-state index in [0.29, 0.717) is 5.02 Å².